The first kappa shape index (κ1) is 13.4. The molecule has 0 saturated carbocycles. The minimum absolute atomic E-state index is 0.00121. The van der Waals surface area contributed by atoms with Gasteiger partial charge in [0.1, 0.15) is 5.82 Å². The SMILES string of the molecule is N#Cc1ccc(Nc2cc(C(=O)O)c(N)cc2F)cc1. The first-order valence-corrected chi connectivity index (χ1v) is 5.61. The summed E-state index contributed by atoms with van der Waals surface area (Å²) in [7, 11) is 0. The van der Waals surface area contributed by atoms with Gasteiger partial charge in [-0.25, -0.2) is 9.18 Å². The van der Waals surface area contributed by atoms with Crippen LogP contribution in [0.3, 0.4) is 0 Å². The van der Waals surface area contributed by atoms with Gasteiger partial charge < -0.3 is 16.2 Å². The number of nitrogens with one attached hydrogen (secondary N) is 1. The fourth-order valence-electron chi connectivity index (χ4n) is 1.65. The minimum Gasteiger partial charge on any atom is -0.478 e. The number of nitrogens with zero attached hydrogens (tertiary/aromatic N) is 1. The van der Waals surface area contributed by atoms with Crippen molar-refractivity contribution in [2.45, 2.75) is 0 Å². The Morgan fingerprint density at radius 1 is 1.30 bits per heavy atom. The lowest BCUT2D eigenvalue weighted by Gasteiger charge is -2.10. The monoisotopic (exact) mass is 271 g/mol. The lowest BCUT2D eigenvalue weighted by Crippen LogP contribution is -2.05. The minimum atomic E-state index is -1.23. The van der Waals surface area contributed by atoms with Crippen LogP contribution in [0.25, 0.3) is 0 Å². The molecule has 100 valence electrons. The number of rotatable bonds is 3. The van der Waals surface area contributed by atoms with Gasteiger partial charge in [-0.15, -0.1) is 0 Å². The highest BCUT2D eigenvalue weighted by atomic mass is 19.1. The average molecular weight is 271 g/mol. The van der Waals surface area contributed by atoms with E-state index >= 15 is 0 Å². The Labute approximate surface area is 114 Å². The number of carboxylic acid groups (broad SMARTS) is 1. The van der Waals surface area contributed by atoms with Crippen LogP contribution in [-0.4, -0.2) is 11.1 Å². The lowest BCUT2D eigenvalue weighted by molar-refractivity contribution is 0.0698. The number of hydrogen-bond acceptors (Lipinski definition) is 4. The number of carbonyl (C=O) groups is 1. The van der Waals surface area contributed by atoms with Crippen LogP contribution in [0.1, 0.15) is 15.9 Å². The number of anilines is 3. The van der Waals surface area contributed by atoms with Gasteiger partial charge in [-0.05, 0) is 36.4 Å². The molecule has 0 aliphatic rings. The van der Waals surface area contributed by atoms with Gasteiger partial charge >= 0.3 is 5.97 Å². The molecule has 0 atom stereocenters. The highest BCUT2D eigenvalue weighted by Crippen LogP contribution is 2.25. The number of nitrogen functional groups attached to an aromatic ring is 1. The van der Waals surface area contributed by atoms with Crippen LogP contribution in [0.4, 0.5) is 21.5 Å². The van der Waals surface area contributed by atoms with Crippen molar-refractivity contribution in [3.63, 3.8) is 0 Å². The molecule has 0 fully saturated rings. The van der Waals surface area contributed by atoms with E-state index < -0.39 is 11.8 Å². The number of hydrogen-bond donors (Lipinski definition) is 3. The van der Waals surface area contributed by atoms with E-state index in [0.717, 1.165) is 12.1 Å². The van der Waals surface area contributed by atoms with Crippen molar-refractivity contribution in [1.82, 2.24) is 0 Å². The highest BCUT2D eigenvalue weighted by molar-refractivity contribution is 5.95. The molecule has 20 heavy (non-hydrogen) atoms. The fourth-order valence-corrected chi connectivity index (χ4v) is 1.65. The Kier molecular flexibility index (Phi) is 3.53. The maximum absolute atomic E-state index is 13.7. The smallest absolute Gasteiger partial charge is 0.337 e. The fraction of sp³-hybridized carbons (Fsp3) is 0. The Morgan fingerprint density at radius 3 is 2.50 bits per heavy atom. The topological polar surface area (TPSA) is 99.1 Å². The van der Waals surface area contributed by atoms with Crippen molar-refractivity contribution in [3.05, 3.63) is 53.3 Å². The van der Waals surface area contributed by atoms with Crippen LogP contribution < -0.4 is 11.1 Å². The van der Waals surface area contributed by atoms with Gasteiger partial charge in [-0.2, -0.15) is 5.26 Å². The Bertz CT molecular complexity index is 706. The average Bonchev–Trinajstić information content (AvgIpc) is 2.42. The quantitative estimate of drug-likeness (QED) is 0.745. The largest absolute Gasteiger partial charge is 0.478 e. The molecule has 6 heteroatoms. The third-order valence-corrected chi connectivity index (χ3v) is 2.66. The van der Waals surface area contributed by atoms with Gasteiger partial charge in [-0.1, -0.05) is 0 Å². The molecule has 0 saturated heterocycles. The molecule has 5 nitrogen and oxygen atoms in total. The molecule has 2 rings (SSSR count). The molecule has 0 aliphatic carbocycles. The number of carboxylic acids is 1. The van der Waals surface area contributed by atoms with Crippen molar-refractivity contribution in [2.24, 2.45) is 0 Å². The first-order chi connectivity index (χ1) is 9.51. The molecule has 0 bridgehead atoms. The molecule has 0 spiro atoms. The van der Waals surface area contributed by atoms with Crippen LogP contribution in [-0.2, 0) is 0 Å². The Morgan fingerprint density at radius 2 is 1.95 bits per heavy atom. The van der Waals surface area contributed by atoms with E-state index in [1.807, 2.05) is 6.07 Å². The molecule has 0 amide bonds. The van der Waals surface area contributed by atoms with E-state index in [9.17, 15) is 9.18 Å². The van der Waals surface area contributed by atoms with Crippen LogP contribution in [0, 0.1) is 17.1 Å². The van der Waals surface area contributed by atoms with E-state index in [0.29, 0.717) is 11.3 Å². The first-order valence-electron chi connectivity index (χ1n) is 5.61. The normalized spacial score (nSPS) is 9.80. The van der Waals surface area contributed by atoms with Gasteiger partial charge in [0.2, 0.25) is 0 Å². The molecular formula is C14H10FN3O2. The number of nitriles is 1. The molecule has 0 aliphatic heterocycles. The molecule has 2 aromatic carbocycles. The molecule has 0 aromatic heterocycles. The van der Waals surface area contributed by atoms with Crippen LogP contribution >= 0.6 is 0 Å². The van der Waals surface area contributed by atoms with E-state index in [2.05, 4.69) is 5.32 Å². The third-order valence-electron chi connectivity index (χ3n) is 2.66. The van der Waals surface area contributed by atoms with Crippen molar-refractivity contribution in [2.75, 3.05) is 11.1 Å². The standard InChI is InChI=1S/C14H10FN3O2/c15-11-6-12(17)10(14(19)20)5-13(11)18-9-3-1-8(7-16)2-4-9/h1-6,18H,17H2,(H,19,20). The predicted octanol–water partition coefficient (Wildman–Crippen LogP) is 2.72. The zero-order valence-corrected chi connectivity index (χ0v) is 10.2. The number of aromatic carboxylic acids is 1. The second kappa shape index (κ2) is 5.28. The Balaban J connectivity index is 2.35. The Hall–Kier alpha value is -3.07. The van der Waals surface area contributed by atoms with Crippen LogP contribution in [0.5, 0.6) is 0 Å². The summed E-state index contributed by atoms with van der Waals surface area (Å²) in [6, 6.07) is 10.4. The molecule has 0 radical (unpaired) electrons. The van der Waals surface area contributed by atoms with E-state index in [1.54, 1.807) is 24.3 Å². The number of benzene rings is 2. The van der Waals surface area contributed by atoms with Crippen molar-refractivity contribution < 1.29 is 14.3 Å². The van der Waals surface area contributed by atoms with E-state index in [-0.39, 0.29) is 16.9 Å². The van der Waals surface area contributed by atoms with Crippen molar-refractivity contribution in [3.8, 4) is 6.07 Å². The molecule has 4 N–H and O–H groups in total. The summed E-state index contributed by atoms with van der Waals surface area (Å²) in [5, 5.41) is 20.4. The summed E-state index contributed by atoms with van der Waals surface area (Å²) in [5.74, 6) is -1.89. The molecule has 2 aromatic rings. The zero-order chi connectivity index (χ0) is 14.7. The summed E-state index contributed by atoms with van der Waals surface area (Å²) < 4.78 is 13.7. The van der Waals surface area contributed by atoms with E-state index in [4.69, 9.17) is 16.1 Å². The van der Waals surface area contributed by atoms with Gasteiger partial charge in [0.15, 0.2) is 0 Å². The van der Waals surface area contributed by atoms with Crippen molar-refractivity contribution >= 4 is 23.0 Å². The summed E-state index contributed by atoms with van der Waals surface area (Å²) in [6.07, 6.45) is 0. The second-order valence-electron chi connectivity index (χ2n) is 4.04. The molecule has 0 heterocycles. The van der Waals surface area contributed by atoms with Crippen LogP contribution in [0.2, 0.25) is 0 Å². The van der Waals surface area contributed by atoms with Gasteiger partial charge in [0.25, 0.3) is 0 Å². The predicted molar refractivity (Wildman–Crippen MR) is 72.2 cm³/mol. The maximum atomic E-state index is 13.7. The third kappa shape index (κ3) is 2.67. The van der Waals surface area contributed by atoms with Crippen LogP contribution in [0.15, 0.2) is 36.4 Å². The summed E-state index contributed by atoms with van der Waals surface area (Å²) >= 11 is 0. The maximum Gasteiger partial charge on any atom is 0.337 e. The second-order valence-corrected chi connectivity index (χ2v) is 4.04. The summed E-state index contributed by atoms with van der Waals surface area (Å²) in [5.41, 5.74) is 6.13. The zero-order valence-electron chi connectivity index (χ0n) is 10.2. The van der Waals surface area contributed by atoms with Gasteiger partial charge in [-0.3, -0.25) is 0 Å². The highest BCUT2D eigenvalue weighted by Gasteiger charge is 2.13. The number of halogens is 1. The number of nitrogens with two attached hydrogens (primary N) is 1. The lowest BCUT2D eigenvalue weighted by atomic mass is 10.1. The molecular weight excluding hydrogens is 261 g/mol. The molecule has 0 unspecified atom stereocenters. The van der Waals surface area contributed by atoms with Crippen molar-refractivity contribution in [1.29, 1.82) is 5.26 Å². The summed E-state index contributed by atoms with van der Waals surface area (Å²) in [6.45, 7) is 0. The van der Waals surface area contributed by atoms with Gasteiger partial charge in [0.05, 0.1) is 22.9 Å². The van der Waals surface area contributed by atoms with E-state index in [1.165, 1.54) is 0 Å². The summed E-state index contributed by atoms with van der Waals surface area (Å²) in [4.78, 5) is 11.0. The van der Waals surface area contributed by atoms with Gasteiger partial charge in [0, 0.05) is 11.4 Å².